The predicted octanol–water partition coefficient (Wildman–Crippen LogP) is 4.44. The fourth-order valence-electron chi connectivity index (χ4n) is 2.05. The van der Waals surface area contributed by atoms with Crippen molar-refractivity contribution in [3.05, 3.63) is 34.6 Å². The fourth-order valence-corrected chi connectivity index (χ4v) is 2.29. The Balaban J connectivity index is 2.97. The Morgan fingerprint density at radius 3 is 2.50 bits per heavy atom. The van der Waals surface area contributed by atoms with Crippen LogP contribution in [-0.2, 0) is 6.42 Å². The summed E-state index contributed by atoms with van der Waals surface area (Å²) in [4.78, 5) is 0. The van der Waals surface area contributed by atoms with E-state index in [1.54, 1.807) is 12.1 Å². The molecule has 0 saturated heterocycles. The van der Waals surface area contributed by atoms with Crippen molar-refractivity contribution in [2.45, 2.75) is 46.6 Å². The maximum Gasteiger partial charge on any atom is 0.127 e. The van der Waals surface area contributed by atoms with Crippen LogP contribution in [0.25, 0.3) is 0 Å². The Morgan fingerprint density at radius 2 is 2.00 bits per heavy atom. The maximum absolute atomic E-state index is 13.8. The zero-order chi connectivity index (χ0) is 13.8. The van der Waals surface area contributed by atoms with Gasteiger partial charge in [-0.25, -0.2) is 4.39 Å². The van der Waals surface area contributed by atoms with Gasteiger partial charge in [-0.3, -0.25) is 0 Å². The van der Waals surface area contributed by atoms with Crippen molar-refractivity contribution in [2.24, 2.45) is 5.41 Å². The van der Waals surface area contributed by atoms with E-state index in [9.17, 15) is 4.39 Å². The smallest absolute Gasteiger partial charge is 0.127 e. The molecule has 1 N–H and O–H groups in total. The van der Waals surface area contributed by atoms with E-state index < -0.39 is 0 Å². The molecule has 0 aromatic heterocycles. The van der Waals surface area contributed by atoms with Gasteiger partial charge in [0, 0.05) is 16.6 Å². The molecule has 0 saturated carbocycles. The number of hydrogen-bond donors (Lipinski definition) is 1. The molecule has 0 fully saturated rings. The second-order valence-electron chi connectivity index (χ2n) is 5.36. The molecule has 18 heavy (non-hydrogen) atoms. The molecular weight excluding hydrogens is 249 g/mol. The third-order valence-electron chi connectivity index (χ3n) is 3.78. The molecule has 1 aromatic carbocycles. The van der Waals surface area contributed by atoms with Gasteiger partial charge in [-0.1, -0.05) is 45.4 Å². The molecular formula is C15H23ClFN. The van der Waals surface area contributed by atoms with Gasteiger partial charge < -0.3 is 5.32 Å². The second kappa shape index (κ2) is 6.53. The summed E-state index contributed by atoms with van der Waals surface area (Å²) in [6.45, 7) is 9.51. The Labute approximate surface area is 115 Å². The van der Waals surface area contributed by atoms with Crippen LogP contribution in [0.4, 0.5) is 4.39 Å². The predicted molar refractivity (Wildman–Crippen MR) is 76.7 cm³/mol. The molecule has 1 aromatic rings. The first-order valence-corrected chi connectivity index (χ1v) is 6.96. The van der Waals surface area contributed by atoms with E-state index in [-0.39, 0.29) is 17.3 Å². The van der Waals surface area contributed by atoms with Crippen molar-refractivity contribution < 1.29 is 4.39 Å². The molecule has 0 heterocycles. The minimum Gasteiger partial charge on any atom is -0.313 e. The van der Waals surface area contributed by atoms with Gasteiger partial charge in [-0.15, -0.1) is 0 Å². The zero-order valence-corrected chi connectivity index (χ0v) is 12.4. The molecule has 0 aliphatic heterocycles. The lowest BCUT2D eigenvalue weighted by atomic mass is 9.79. The average molecular weight is 272 g/mol. The van der Waals surface area contributed by atoms with Crippen LogP contribution in [0.5, 0.6) is 0 Å². The highest BCUT2D eigenvalue weighted by Gasteiger charge is 2.28. The molecule has 1 atom stereocenters. The Bertz CT molecular complexity index is 370. The third kappa shape index (κ3) is 3.69. The van der Waals surface area contributed by atoms with Gasteiger partial charge in [0.05, 0.1) is 0 Å². The van der Waals surface area contributed by atoms with Crippen LogP contribution in [0.15, 0.2) is 18.2 Å². The van der Waals surface area contributed by atoms with Crippen molar-refractivity contribution >= 4 is 11.6 Å². The summed E-state index contributed by atoms with van der Waals surface area (Å²) in [5, 5.41) is 3.97. The van der Waals surface area contributed by atoms with Gasteiger partial charge in [0.1, 0.15) is 5.82 Å². The number of benzene rings is 1. The summed E-state index contributed by atoms with van der Waals surface area (Å²) in [5.74, 6) is -0.211. The Hall–Kier alpha value is -0.600. The Kier molecular flexibility index (Phi) is 5.61. The van der Waals surface area contributed by atoms with E-state index in [4.69, 9.17) is 11.6 Å². The lowest BCUT2D eigenvalue weighted by molar-refractivity contribution is 0.231. The van der Waals surface area contributed by atoms with Crippen LogP contribution in [0.2, 0.25) is 5.02 Å². The number of rotatable bonds is 6. The van der Waals surface area contributed by atoms with Crippen molar-refractivity contribution in [3.63, 3.8) is 0 Å². The molecule has 0 spiro atoms. The molecule has 102 valence electrons. The van der Waals surface area contributed by atoms with Gasteiger partial charge in [-0.05, 0) is 36.9 Å². The maximum atomic E-state index is 13.8. The van der Waals surface area contributed by atoms with E-state index in [0.717, 1.165) is 13.0 Å². The molecule has 1 nitrogen and oxygen atoms in total. The summed E-state index contributed by atoms with van der Waals surface area (Å²) in [6.07, 6.45) is 1.66. The molecule has 1 unspecified atom stereocenters. The van der Waals surface area contributed by atoms with E-state index in [1.165, 1.54) is 6.07 Å². The first-order valence-electron chi connectivity index (χ1n) is 6.58. The number of halogens is 2. The van der Waals surface area contributed by atoms with E-state index in [0.29, 0.717) is 17.0 Å². The van der Waals surface area contributed by atoms with E-state index in [1.807, 2.05) is 0 Å². The first-order chi connectivity index (χ1) is 8.42. The van der Waals surface area contributed by atoms with E-state index in [2.05, 4.69) is 33.0 Å². The fraction of sp³-hybridized carbons (Fsp3) is 0.600. The topological polar surface area (TPSA) is 12.0 Å². The van der Waals surface area contributed by atoms with Crippen LogP contribution in [0.1, 0.15) is 39.7 Å². The minimum atomic E-state index is -0.211. The lowest BCUT2D eigenvalue weighted by Gasteiger charge is -2.34. The highest BCUT2D eigenvalue weighted by Crippen LogP contribution is 2.30. The van der Waals surface area contributed by atoms with Crippen LogP contribution < -0.4 is 5.32 Å². The van der Waals surface area contributed by atoms with Gasteiger partial charge >= 0.3 is 0 Å². The van der Waals surface area contributed by atoms with Crippen molar-refractivity contribution in [2.75, 3.05) is 6.54 Å². The van der Waals surface area contributed by atoms with Gasteiger partial charge in [0.25, 0.3) is 0 Å². The largest absolute Gasteiger partial charge is 0.313 e. The van der Waals surface area contributed by atoms with Crippen molar-refractivity contribution in [3.8, 4) is 0 Å². The molecule has 1 rings (SSSR count). The molecule has 0 aliphatic rings. The zero-order valence-electron chi connectivity index (χ0n) is 11.7. The van der Waals surface area contributed by atoms with Crippen molar-refractivity contribution in [1.82, 2.24) is 5.32 Å². The summed E-state index contributed by atoms with van der Waals surface area (Å²) < 4.78 is 13.8. The molecule has 0 bridgehead atoms. The molecule has 0 aliphatic carbocycles. The van der Waals surface area contributed by atoms with Crippen LogP contribution in [0, 0.1) is 11.2 Å². The standard InChI is InChI=1S/C15H23ClFN/c1-5-15(3,4)14(18-6-2)10-11-12(16)8-7-9-13(11)17/h7-9,14,18H,5-6,10H2,1-4H3. The average Bonchev–Trinajstić information content (AvgIpc) is 2.32. The summed E-state index contributed by atoms with van der Waals surface area (Å²) in [5.41, 5.74) is 0.730. The highest BCUT2D eigenvalue weighted by molar-refractivity contribution is 6.31. The highest BCUT2D eigenvalue weighted by atomic mass is 35.5. The third-order valence-corrected chi connectivity index (χ3v) is 4.13. The number of hydrogen-bond acceptors (Lipinski definition) is 1. The normalized spacial score (nSPS) is 13.7. The summed E-state index contributed by atoms with van der Waals surface area (Å²) >= 11 is 6.10. The summed E-state index contributed by atoms with van der Waals surface area (Å²) in [6, 6.07) is 5.10. The Morgan fingerprint density at radius 1 is 1.33 bits per heavy atom. The van der Waals surface area contributed by atoms with Gasteiger partial charge in [0.2, 0.25) is 0 Å². The molecule has 0 radical (unpaired) electrons. The quantitative estimate of drug-likeness (QED) is 0.807. The van der Waals surface area contributed by atoms with Crippen LogP contribution in [-0.4, -0.2) is 12.6 Å². The second-order valence-corrected chi connectivity index (χ2v) is 5.76. The monoisotopic (exact) mass is 271 g/mol. The van der Waals surface area contributed by atoms with Crippen LogP contribution in [0.3, 0.4) is 0 Å². The van der Waals surface area contributed by atoms with Gasteiger partial charge in [-0.2, -0.15) is 0 Å². The van der Waals surface area contributed by atoms with Crippen molar-refractivity contribution in [1.29, 1.82) is 0 Å². The molecule has 0 amide bonds. The lowest BCUT2D eigenvalue weighted by Crippen LogP contribution is -2.43. The minimum absolute atomic E-state index is 0.113. The first kappa shape index (κ1) is 15.5. The number of nitrogens with one attached hydrogen (secondary N) is 1. The van der Waals surface area contributed by atoms with Crippen LogP contribution >= 0.6 is 11.6 Å². The van der Waals surface area contributed by atoms with E-state index >= 15 is 0 Å². The van der Waals surface area contributed by atoms with Gasteiger partial charge in [0.15, 0.2) is 0 Å². The number of likely N-dealkylation sites (N-methyl/N-ethyl adjacent to an activating group) is 1. The summed E-state index contributed by atoms with van der Waals surface area (Å²) in [7, 11) is 0. The SMILES string of the molecule is CCNC(Cc1c(F)cccc1Cl)C(C)(C)CC. The molecule has 3 heteroatoms.